The van der Waals surface area contributed by atoms with Crippen molar-refractivity contribution >= 4 is 22.1 Å². The molecule has 2 aromatic carbocycles. The summed E-state index contributed by atoms with van der Waals surface area (Å²) in [6.07, 6.45) is 1.78. The van der Waals surface area contributed by atoms with E-state index in [4.69, 9.17) is 4.42 Å². The highest BCUT2D eigenvalue weighted by molar-refractivity contribution is 6.04. The van der Waals surface area contributed by atoms with Crippen LogP contribution >= 0.6 is 0 Å². The number of hydrogen-bond donors (Lipinski definition) is 0. The summed E-state index contributed by atoms with van der Waals surface area (Å²) in [6.45, 7) is 15.9. The van der Waals surface area contributed by atoms with E-state index in [0.29, 0.717) is 11.6 Å². The van der Waals surface area contributed by atoms with Crippen molar-refractivity contribution in [2.75, 3.05) is 0 Å². The van der Waals surface area contributed by atoms with Crippen LogP contribution in [-0.2, 0) is 5.41 Å². The zero-order valence-corrected chi connectivity index (χ0v) is 20.6. The van der Waals surface area contributed by atoms with Gasteiger partial charge in [-0.25, -0.2) is 4.98 Å². The van der Waals surface area contributed by atoms with Gasteiger partial charge in [-0.3, -0.25) is 0 Å². The summed E-state index contributed by atoms with van der Waals surface area (Å²) in [5.41, 5.74) is 7.66. The lowest BCUT2D eigenvalue weighted by Crippen LogP contribution is -2.43. The summed E-state index contributed by atoms with van der Waals surface area (Å²) < 4.78 is 11.0. The molecule has 0 radical (unpaired) electrons. The van der Waals surface area contributed by atoms with Gasteiger partial charge < -0.3 is 4.42 Å². The maximum atomic E-state index is 6.06. The number of aromatic nitrogens is 3. The van der Waals surface area contributed by atoms with Crippen LogP contribution in [0, 0.1) is 13.8 Å². The number of aryl methyl sites for hydroxylation is 1. The van der Waals surface area contributed by atoms with E-state index in [-0.39, 0.29) is 5.41 Å². The second kappa shape index (κ2) is 7.58. The largest absolute Gasteiger partial charge is 0.438 e. The number of benzene rings is 2. The number of pyridine rings is 1. The molecule has 0 saturated heterocycles. The second-order valence-electron chi connectivity index (χ2n) is 10.3. The van der Waals surface area contributed by atoms with Crippen molar-refractivity contribution in [3.63, 3.8) is 0 Å². The lowest BCUT2D eigenvalue weighted by Gasteiger charge is -2.19. The molecular formula is C29H32N3O+. The third-order valence-electron chi connectivity index (χ3n) is 6.41. The van der Waals surface area contributed by atoms with Crippen molar-refractivity contribution in [2.24, 2.45) is 0 Å². The molecule has 0 bridgehead atoms. The van der Waals surface area contributed by atoms with Gasteiger partial charge in [0.25, 0.3) is 5.82 Å². The highest BCUT2D eigenvalue weighted by Crippen LogP contribution is 2.34. The molecule has 5 aromatic rings. The van der Waals surface area contributed by atoms with Gasteiger partial charge in [-0.2, -0.15) is 9.13 Å². The zero-order valence-electron chi connectivity index (χ0n) is 20.6. The highest BCUT2D eigenvalue weighted by atomic mass is 16.3. The number of nitrogens with zero attached hydrogens (tertiary/aromatic N) is 3. The van der Waals surface area contributed by atoms with Crippen molar-refractivity contribution in [3.05, 3.63) is 83.6 Å². The van der Waals surface area contributed by atoms with Crippen molar-refractivity contribution in [2.45, 2.75) is 59.8 Å². The van der Waals surface area contributed by atoms with Gasteiger partial charge in [0, 0.05) is 29.8 Å². The molecule has 0 N–H and O–H groups in total. The monoisotopic (exact) mass is 438 g/mol. The normalized spacial score (nSPS) is 12.4. The van der Waals surface area contributed by atoms with E-state index >= 15 is 0 Å². The second-order valence-corrected chi connectivity index (χ2v) is 10.3. The SMILES string of the molecule is Cc1cc2oc3ncccc3c2cc1-[n+]1c(C)c(C(C)C)n(-c2ccccc2)c1C(C)(C)C. The molecule has 4 heteroatoms. The fourth-order valence-corrected chi connectivity index (χ4v) is 5.12. The minimum Gasteiger partial charge on any atom is -0.438 e. The van der Waals surface area contributed by atoms with E-state index in [1.807, 2.05) is 6.07 Å². The Balaban J connectivity index is 1.92. The van der Waals surface area contributed by atoms with Crippen molar-refractivity contribution in [1.82, 2.24) is 9.55 Å². The Hall–Kier alpha value is -3.40. The first-order chi connectivity index (χ1) is 15.7. The van der Waals surface area contributed by atoms with Crippen molar-refractivity contribution < 1.29 is 8.98 Å². The summed E-state index contributed by atoms with van der Waals surface area (Å²) >= 11 is 0. The molecule has 0 spiro atoms. The predicted octanol–water partition coefficient (Wildman–Crippen LogP) is 7.09. The van der Waals surface area contributed by atoms with Gasteiger partial charge in [0.1, 0.15) is 22.7 Å². The first kappa shape index (κ1) is 21.4. The Morgan fingerprint density at radius 1 is 0.939 bits per heavy atom. The molecule has 0 saturated carbocycles. The maximum absolute atomic E-state index is 6.06. The third-order valence-corrected chi connectivity index (χ3v) is 6.41. The van der Waals surface area contributed by atoms with Crippen LogP contribution in [0.5, 0.6) is 0 Å². The Kier molecular flexibility index (Phi) is 4.93. The smallest absolute Gasteiger partial charge is 0.272 e. The Morgan fingerprint density at radius 2 is 1.67 bits per heavy atom. The van der Waals surface area contributed by atoms with Crippen LogP contribution in [0.2, 0.25) is 0 Å². The van der Waals surface area contributed by atoms with Gasteiger partial charge in [-0.15, -0.1) is 0 Å². The van der Waals surface area contributed by atoms with E-state index < -0.39 is 0 Å². The molecule has 0 amide bonds. The summed E-state index contributed by atoms with van der Waals surface area (Å²) in [6, 6.07) is 19.2. The molecule has 3 heterocycles. The average molecular weight is 439 g/mol. The molecule has 4 nitrogen and oxygen atoms in total. The molecule has 0 aliphatic heterocycles. The lowest BCUT2D eigenvalue weighted by molar-refractivity contribution is -0.614. The Morgan fingerprint density at radius 3 is 2.33 bits per heavy atom. The van der Waals surface area contributed by atoms with Crippen LogP contribution in [0.4, 0.5) is 0 Å². The van der Waals surface area contributed by atoms with E-state index in [2.05, 4.69) is 111 Å². The van der Waals surface area contributed by atoms with Crippen LogP contribution < -0.4 is 4.57 Å². The average Bonchev–Trinajstić information content (AvgIpc) is 3.28. The fourth-order valence-electron chi connectivity index (χ4n) is 5.12. The molecular weight excluding hydrogens is 406 g/mol. The molecule has 0 aliphatic carbocycles. The summed E-state index contributed by atoms with van der Waals surface area (Å²) in [4.78, 5) is 4.43. The van der Waals surface area contributed by atoms with Crippen LogP contribution in [0.1, 0.15) is 63.3 Å². The lowest BCUT2D eigenvalue weighted by atomic mass is 9.94. The first-order valence-electron chi connectivity index (χ1n) is 11.7. The topological polar surface area (TPSA) is 34.8 Å². The van der Waals surface area contributed by atoms with Crippen LogP contribution in [0.25, 0.3) is 33.4 Å². The number of hydrogen-bond acceptors (Lipinski definition) is 2. The van der Waals surface area contributed by atoms with Gasteiger partial charge in [-0.1, -0.05) is 32.0 Å². The quantitative estimate of drug-likeness (QED) is 0.282. The van der Waals surface area contributed by atoms with Gasteiger partial charge >= 0.3 is 0 Å². The molecule has 33 heavy (non-hydrogen) atoms. The summed E-state index contributed by atoms with van der Waals surface area (Å²) in [7, 11) is 0. The molecule has 0 aliphatic rings. The molecule has 0 atom stereocenters. The Bertz CT molecular complexity index is 1480. The number of fused-ring (bicyclic) bond motifs is 3. The first-order valence-corrected chi connectivity index (χ1v) is 11.7. The maximum Gasteiger partial charge on any atom is 0.272 e. The highest BCUT2D eigenvalue weighted by Gasteiger charge is 2.39. The predicted molar refractivity (Wildman–Crippen MR) is 135 cm³/mol. The Labute approximate surface area is 195 Å². The van der Waals surface area contributed by atoms with E-state index in [1.54, 1.807) is 6.20 Å². The minimum atomic E-state index is -0.0881. The number of imidazole rings is 1. The number of furan rings is 1. The standard InChI is InChI=1S/C29H32N3O/c1-18(2)26-20(4)31(28(29(5,6)7)32(26)21-12-9-8-10-13-21)24-17-23-22-14-11-15-30-27(22)33-25(23)16-19(24)3/h8-18H,1-7H3/q+1. The zero-order chi connectivity index (χ0) is 23.5. The van der Waals surface area contributed by atoms with Gasteiger partial charge in [0.2, 0.25) is 5.71 Å². The van der Waals surface area contributed by atoms with Gasteiger partial charge in [0.05, 0.1) is 5.41 Å². The van der Waals surface area contributed by atoms with E-state index in [0.717, 1.165) is 16.4 Å². The summed E-state index contributed by atoms with van der Waals surface area (Å²) in [5.74, 6) is 1.64. The van der Waals surface area contributed by atoms with E-state index in [9.17, 15) is 0 Å². The van der Waals surface area contributed by atoms with Crippen molar-refractivity contribution in [1.29, 1.82) is 0 Å². The number of rotatable bonds is 3. The molecule has 3 aromatic heterocycles. The fraction of sp³-hybridized carbons (Fsp3) is 0.310. The van der Waals surface area contributed by atoms with Gasteiger partial charge in [-0.05, 0) is 69.7 Å². The minimum absolute atomic E-state index is 0.0881. The molecule has 5 rings (SSSR count). The van der Waals surface area contributed by atoms with Crippen LogP contribution in [0.15, 0.2) is 65.2 Å². The molecule has 168 valence electrons. The van der Waals surface area contributed by atoms with Crippen molar-refractivity contribution in [3.8, 4) is 11.4 Å². The third kappa shape index (κ3) is 3.36. The molecule has 0 unspecified atom stereocenters. The number of para-hydroxylation sites is 1. The van der Waals surface area contributed by atoms with Crippen LogP contribution in [0.3, 0.4) is 0 Å². The molecule has 0 fully saturated rings. The summed E-state index contributed by atoms with van der Waals surface area (Å²) in [5, 5.41) is 2.15. The van der Waals surface area contributed by atoms with E-state index in [1.165, 1.54) is 34.2 Å². The van der Waals surface area contributed by atoms with Gasteiger partial charge in [0.15, 0.2) is 5.69 Å². The van der Waals surface area contributed by atoms with Crippen LogP contribution in [-0.4, -0.2) is 9.55 Å².